The van der Waals surface area contributed by atoms with Crippen molar-refractivity contribution in [2.45, 2.75) is 46.8 Å². The summed E-state index contributed by atoms with van der Waals surface area (Å²) >= 11 is 0. The Morgan fingerprint density at radius 1 is 0.786 bits per heavy atom. The SMILES string of the molecule is CCOc1cc(C2c3c(oc4cc(C)c(C)cc4c3=O)C(=O)N2c2ccc(CC)cc2)ccc1OCc1ccccc1. The predicted molar refractivity (Wildman–Crippen MR) is 165 cm³/mol. The highest BCUT2D eigenvalue weighted by Crippen LogP contribution is 2.43. The largest absolute Gasteiger partial charge is 0.490 e. The van der Waals surface area contributed by atoms with Gasteiger partial charge in [-0.1, -0.05) is 55.5 Å². The lowest BCUT2D eigenvalue weighted by atomic mass is 9.96. The van der Waals surface area contributed by atoms with Gasteiger partial charge in [-0.15, -0.1) is 0 Å². The van der Waals surface area contributed by atoms with Crippen LogP contribution in [0.4, 0.5) is 5.69 Å². The average Bonchev–Trinajstić information content (AvgIpc) is 3.30. The first kappa shape index (κ1) is 27.3. The molecular weight excluding hydrogens is 526 g/mol. The van der Waals surface area contributed by atoms with Crippen LogP contribution in [0.5, 0.6) is 11.5 Å². The second kappa shape index (κ2) is 11.2. The minimum Gasteiger partial charge on any atom is -0.490 e. The van der Waals surface area contributed by atoms with Gasteiger partial charge in [0.15, 0.2) is 16.9 Å². The molecule has 1 aliphatic rings. The van der Waals surface area contributed by atoms with Crippen molar-refractivity contribution < 1.29 is 18.7 Å². The predicted octanol–water partition coefficient (Wildman–Crippen LogP) is 7.70. The average molecular weight is 560 g/mol. The van der Waals surface area contributed by atoms with Crippen molar-refractivity contribution in [2.75, 3.05) is 11.5 Å². The zero-order chi connectivity index (χ0) is 29.4. The van der Waals surface area contributed by atoms with Crippen LogP contribution in [0.15, 0.2) is 94.1 Å². The lowest BCUT2D eigenvalue weighted by Crippen LogP contribution is -2.29. The van der Waals surface area contributed by atoms with Gasteiger partial charge < -0.3 is 13.9 Å². The van der Waals surface area contributed by atoms with E-state index in [0.717, 1.165) is 34.2 Å². The van der Waals surface area contributed by atoms with E-state index in [0.29, 0.717) is 46.9 Å². The fourth-order valence-electron chi connectivity index (χ4n) is 5.52. The molecule has 0 fully saturated rings. The quantitative estimate of drug-likeness (QED) is 0.195. The van der Waals surface area contributed by atoms with E-state index >= 15 is 0 Å². The third kappa shape index (κ3) is 4.83. The Hall–Kier alpha value is -4.84. The Morgan fingerprint density at radius 2 is 1.52 bits per heavy atom. The van der Waals surface area contributed by atoms with Crippen LogP contribution in [0.3, 0.4) is 0 Å². The molecule has 212 valence electrons. The summed E-state index contributed by atoms with van der Waals surface area (Å²) in [6.45, 7) is 8.74. The van der Waals surface area contributed by atoms with Crippen LogP contribution in [0.1, 0.15) is 63.8 Å². The minimum absolute atomic E-state index is 0.0719. The van der Waals surface area contributed by atoms with Crippen LogP contribution < -0.4 is 19.8 Å². The van der Waals surface area contributed by atoms with E-state index in [2.05, 4.69) is 6.92 Å². The number of hydrogen-bond donors (Lipinski definition) is 0. The van der Waals surface area contributed by atoms with E-state index < -0.39 is 6.04 Å². The summed E-state index contributed by atoms with van der Waals surface area (Å²) in [7, 11) is 0. The van der Waals surface area contributed by atoms with Crippen LogP contribution in [-0.2, 0) is 13.0 Å². The summed E-state index contributed by atoms with van der Waals surface area (Å²) in [5, 5.41) is 0.464. The number of nitrogens with zero attached hydrogens (tertiary/aromatic N) is 1. The molecule has 0 saturated heterocycles. The molecule has 0 bridgehead atoms. The van der Waals surface area contributed by atoms with Gasteiger partial charge >= 0.3 is 0 Å². The third-order valence-corrected chi connectivity index (χ3v) is 7.93. The molecule has 0 aliphatic carbocycles. The standard InChI is InChI=1S/C36H33NO5/c1-5-24-12-15-27(16-13-24)37-33(32-34(38)28-18-22(3)23(4)19-30(28)42-35(32)36(37)39)26-14-17-29(31(20-26)40-6-2)41-21-25-10-8-7-9-11-25/h7-20,33H,5-6,21H2,1-4H3. The number of amides is 1. The number of hydrogen-bond acceptors (Lipinski definition) is 5. The Kier molecular flexibility index (Phi) is 7.29. The molecule has 6 nitrogen and oxygen atoms in total. The number of anilines is 1. The summed E-state index contributed by atoms with van der Waals surface area (Å²) < 4.78 is 18.4. The first-order valence-electron chi connectivity index (χ1n) is 14.3. The topological polar surface area (TPSA) is 69.0 Å². The highest BCUT2D eigenvalue weighted by molar-refractivity contribution is 6.10. The van der Waals surface area contributed by atoms with Crippen molar-refractivity contribution in [1.29, 1.82) is 0 Å². The van der Waals surface area contributed by atoms with E-state index in [1.165, 1.54) is 0 Å². The highest BCUT2D eigenvalue weighted by Gasteiger charge is 2.44. The van der Waals surface area contributed by atoms with Gasteiger partial charge in [0, 0.05) is 5.69 Å². The number of benzene rings is 4. The second-order valence-corrected chi connectivity index (χ2v) is 10.6. The molecule has 1 atom stereocenters. The maximum Gasteiger partial charge on any atom is 0.295 e. The molecule has 42 heavy (non-hydrogen) atoms. The zero-order valence-electron chi connectivity index (χ0n) is 24.3. The van der Waals surface area contributed by atoms with Gasteiger partial charge in [0.25, 0.3) is 5.91 Å². The summed E-state index contributed by atoms with van der Waals surface area (Å²) in [5.41, 5.74) is 6.13. The van der Waals surface area contributed by atoms with E-state index in [9.17, 15) is 9.59 Å². The summed E-state index contributed by atoms with van der Waals surface area (Å²) in [4.78, 5) is 29.8. The maximum atomic E-state index is 14.1. The Bertz CT molecular complexity index is 1840. The molecule has 0 radical (unpaired) electrons. The van der Waals surface area contributed by atoms with Crippen LogP contribution in [0.25, 0.3) is 11.0 Å². The molecule has 1 aromatic heterocycles. The van der Waals surface area contributed by atoms with Crippen molar-refractivity contribution in [1.82, 2.24) is 0 Å². The molecular formula is C36H33NO5. The first-order chi connectivity index (χ1) is 20.4. The van der Waals surface area contributed by atoms with Crippen LogP contribution in [-0.4, -0.2) is 12.5 Å². The van der Waals surface area contributed by atoms with E-state index in [4.69, 9.17) is 13.9 Å². The number of fused-ring (bicyclic) bond motifs is 2. The molecule has 6 heteroatoms. The van der Waals surface area contributed by atoms with Gasteiger partial charge in [-0.05, 0) is 91.4 Å². The van der Waals surface area contributed by atoms with Gasteiger partial charge in [-0.3, -0.25) is 14.5 Å². The molecule has 2 heterocycles. The van der Waals surface area contributed by atoms with Crippen LogP contribution >= 0.6 is 0 Å². The summed E-state index contributed by atoms with van der Waals surface area (Å²) in [6, 6.07) is 26.4. The Balaban J connectivity index is 1.51. The summed E-state index contributed by atoms with van der Waals surface area (Å²) in [5.74, 6) is 0.857. The lowest BCUT2D eigenvalue weighted by Gasteiger charge is -2.26. The van der Waals surface area contributed by atoms with Gasteiger partial charge in [-0.25, -0.2) is 0 Å². The normalized spacial score (nSPS) is 14.3. The first-order valence-corrected chi connectivity index (χ1v) is 14.3. The molecule has 4 aromatic carbocycles. The summed E-state index contributed by atoms with van der Waals surface area (Å²) in [6.07, 6.45) is 0.879. The minimum atomic E-state index is -0.704. The van der Waals surface area contributed by atoms with Crippen molar-refractivity contribution in [2.24, 2.45) is 0 Å². The van der Waals surface area contributed by atoms with Crippen molar-refractivity contribution in [3.8, 4) is 11.5 Å². The molecule has 0 N–H and O–H groups in total. The Labute approximate surface area is 245 Å². The molecule has 1 unspecified atom stereocenters. The number of carbonyl (C=O) groups excluding carboxylic acids is 1. The van der Waals surface area contributed by atoms with E-state index in [1.807, 2.05) is 106 Å². The van der Waals surface area contributed by atoms with Crippen molar-refractivity contribution >= 4 is 22.6 Å². The molecule has 1 aliphatic heterocycles. The van der Waals surface area contributed by atoms with Gasteiger partial charge in [-0.2, -0.15) is 0 Å². The molecule has 5 aromatic rings. The number of rotatable bonds is 8. The zero-order valence-corrected chi connectivity index (χ0v) is 24.3. The van der Waals surface area contributed by atoms with E-state index in [-0.39, 0.29) is 17.1 Å². The maximum absolute atomic E-state index is 14.1. The van der Waals surface area contributed by atoms with Crippen LogP contribution in [0.2, 0.25) is 0 Å². The van der Waals surface area contributed by atoms with Crippen molar-refractivity contribution in [3.05, 3.63) is 134 Å². The van der Waals surface area contributed by atoms with Gasteiger partial charge in [0.05, 0.1) is 23.6 Å². The highest BCUT2D eigenvalue weighted by atomic mass is 16.5. The fourth-order valence-corrected chi connectivity index (χ4v) is 5.52. The Morgan fingerprint density at radius 3 is 2.24 bits per heavy atom. The lowest BCUT2D eigenvalue weighted by molar-refractivity contribution is 0.0971. The number of carbonyl (C=O) groups is 1. The fraction of sp³-hybridized carbons (Fsp3) is 0.222. The monoisotopic (exact) mass is 559 g/mol. The van der Waals surface area contributed by atoms with Gasteiger partial charge in [0.1, 0.15) is 12.2 Å². The molecule has 0 spiro atoms. The molecule has 6 rings (SSSR count). The van der Waals surface area contributed by atoms with Gasteiger partial charge in [0.2, 0.25) is 5.76 Å². The number of aryl methyl sites for hydroxylation is 3. The number of ether oxygens (including phenoxy) is 2. The van der Waals surface area contributed by atoms with Crippen molar-refractivity contribution in [3.63, 3.8) is 0 Å². The second-order valence-electron chi connectivity index (χ2n) is 10.6. The molecule has 0 saturated carbocycles. The third-order valence-electron chi connectivity index (χ3n) is 7.93. The smallest absolute Gasteiger partial charge is 0.295 e. The van der Waals surface area contributed by atoms with Crippen LogP contribution in [0, 0.1) is 13.8 Å². The molecule has 1 amide bonds. The van der Waals surface area contributed by atoms with E-state index in [1.54, 1.807) is 4.90 Å².